The van der Waals surface area contributed by atoms with Crippen LogP contribution in [0.5, 0.6) is 0 Å². The lowest BCUT2D eigenvalue weighted by atomic mass is 9.92. The number of likely N-dealkylation sites (tertiary alicyclic amines) is 1. The molecule has 1 aliphatic rings. The molecular formula is C27H29N5. The molecule has 1 fully saturated rings. The first kappa shape index (κ1) is 20.6. The predicted octanol–water partition coefficient (Wildman–Crippen LogP) is 5.06. The van der Waals surface area contributed by atoms with Crippen LogP contribution in [0.3, 0.4) is 0 Å². The number of benzene rings is 2. The van der Waals surface area contributed by atoms with E-state index in [1.807, 2.05) is 10.7 Å². The Balaban J connectivity index is 1.34. The lowest BCUT2D eigenvalue weighted by molar-refractivity contribution is 0.212. The summed E-state index contributed by atoms with van der Waals surface area (Å²) in [6.45, 7) is 5.44. The summed E-state index contributed by atoms with van der Waals surface area (Å²) in [7, 11) is 0. The lowest BCUT2D eigenvalue weighted by Crippen LogP contribution is -2.35. The predicted molar refractivity (Wildman–Crippen MR) is 128 cm³/mol. The van der Waals surface area contributed by atoms with Crippen molar-refractivity contribution < 1.29 is 0 Å². The van der Waals surface area contributed by atoms with Gasteiger partial charge in [-0.25, -0.2) is 14.6 Å². The van der Waals surface area contributed by atoms with E-state index in [2.05, 4.69) is 82.5 Å². The first-order valence-electron chi connectivity index (χ1n) is 11.5. The van der Waals surface area contributed by atoms with Gasteiger partial charge in [-0.1, -0.05) is 60.2 Å². The third-order valence-electron chi connectivity index (χ3n) is 6.39. The molecule has 0 radical (unpaired) electrons. The summed E-state index contributed by atoms with van der Waals surface area (Å²) >= 11 is 0. The quantitative estimate of drug-likeness (QED) is 0.435. The maximum absolute atomic E-state index is 4.93. The van der Waals surface area contributed by atoms with Crippen molar-refractivity contribution in [2.75, 3.05) is 19.6 Å². The maximum Gasteiger partial charge on any atom is 0.250 e. The number of rotatable bonds is 6. The molecule has 2 aromatic carbocycles. The number of aromatic nitrogens is 4. The molecule has 5 heteroatoms. The molecule has 0 spiro atoms. The SMILES string of the molecule is Cc1ccc(-c2cc(C3CCN(CCc4ccccc4)CC3)n(-c3ncccn3)n2)cc1. The second-order valence-corrected chi connectivity index (χ2v) is 8.63. The molecule has 0 amide bonds. The van der Waals surface area contributed by atoms with Gasteiger partial charge in [-0.3, -0.25) is 0 Å². The Kier molecular flexibility index (Phi) is 6.08. The Morgan fingerprint density at radius 3 is 2.31 bits per heavy atom. The molecule has 162 valence electrons. The summed E-state index contributed by atoms with van der Waals surface area (Å²) in [5.74, 6) is 1.10. The van der Waals surface area contributed by atoms with E-state index in [0.717, 1.165) is 50.2 Å². The average Bonchev–Trinajstić information content (AvgIpc) is 3.30. The minimum atomic E-state index is 0.457. The fourth-order valence-corrected chi connectivity index (χ4v) is 4.50. The largest absolute Gasteiger partial charge is 0.303 e. The zero-order valence-corrected chi connectivity index (χ0v) is 18.6. The fourth-order valence-electron chi connectivity index (χ4n) is 4.50. The summed E-state index contributed by atoms with van der Waals surface area (Å²) in [6.07, 6.45) is 6.93. The summed E-state index contributed by atoms with van der Waals surface area (Å²) < 4.78 is 1.96. The van der Waals surface area contributed by atoms with E-state index < -0.39 is 0 Å². The molecule has 0 atom stereocenters. The summed E-state index contributed by atoms with van der Waals surface area (Å²) in [5.41, 5.74) is 6.00. The van der Waals surface area contributed by atoms with Crippen molar-refractivity contribution >= 4 is 0 Å². The van der Waals surface area contributed by atoms with E-state index in [9.17, 15) is 0 Å². The van der Waals surface area contributed by atoms with Crippen LogP contribution in [-0.2, 0) is 6.42 Å². The number of aryl methyl sites for hydroxylation is 1. The Bertz CT molecular complexity index is 1130. The number of hydrogen-bond donors (Lipinski definition) is 0. The molecule has 0 saturated carbocycles. The zero-order valence-electron chi connectivity index (χ0n) is 18.6. The number of nitrogens with zero attached hydrogens (tertiary/aromatic N) is 5. The third kappa shape index (κ3) is 4.63. The highest BCUT2D eigenvalue weighted by Gasteiger charge is 2.25. The number of hydrogen-bond acceptors (Lipinski definition) is 4. The molecule has 1 saturated heterocycles. The smallest absolute Gasteiger partial charge is 0.250 e. The van der Waals surface area contributed by atoms with Crippen LogP contribution in [0.15, 0.2) is 79.1 Å². The van der Waals surface area contributed by atoms with Gasteiger partial charge in [0.05, 0.1) is 11.4 Å². The van der Waals surface area contributed by atoms with Crippen molar-refractivity contribution in [1.82, 2.24) is 24.6 Å². The number of piperidine rings is 1. The summed E-state index contributed by atoms with van der Waals surface area (Å²) in [4.78, 5) is 11.6. The van der Waals surface area contributed by atoms with Crippen LogP contribution in [0.25, 0.3) is 17.2 Å². The van der Waals surface area contributed by atoms with E-state index in [0.29, 0.717) is 11.9 Å². The molecule has 2 aromatic heterocycles. The Labute approximate surface area is 189 Å². The highest BCUT2D eigenvalue weighted by atomic mass is 15.4. The lowest BCUT2D eigenvalue weighted by Gasteiger charge is -2.32. The van der Waals surface area contributed by atoms with E-state index in [1.165, 1.54) is 16.8 Å². The Morgan fingerprint density at radius 2 is 1.59 bits per heavy atom. The normalized spacial score (nSPS) is 15.2. The van der Waals surface area contributed by atoms with Gasteiger partial charge in [0, 0.05) is 30.4 Å². The van der Waals surface area contributed by atoms with Gasteiger partial charge in [-0.2, -0.15) is 5.10 Å². The van der Waals surface area contributed by atoms with Crippen LogP contribution in [0.2, 0.25) is 0 Å². The highest BCUT2D eigenvalue weighted by Crippen LogP contribution is 2.32. The first-order valence-corrected chi connectivity index (χ1v) is 11.5. The molecule has 0 unspecified atom stereocenters. The molecule has 1 aliphatic heterocycles. The van der Waals surface area contributed by atoms with E-state index in [1.54, 1.807) is 12.4 Å². The van der Waals surface area contributed by atoms with Crippen LogP contribution in [-0.4, -0.2) is 44.3 Å². The molecule has 4 aromatic rings. The van der Waals surface area contributed by atoms with Gasteiger partial charge in [-0.15, -0.1) is 0 Å². The van der Waals surface area contributed by atoms with Crippen LogP contribution >= 0.6 is 0 Å². The Morgan fingerprint density at radius 1 is 0.875 bits per heavy atom. The second kappa shape index (κ2) is 9.45. The molecule has 0 bridgehead atoms. The maximum atomic E-state index is 4.93. The van der Waals surface area contributed by atoms with Crippen molar-refractivity contribution in [1.29, 1.82) is 0 Å². The van der Waals surface area contributed by atoms with Gasteiger partial charge in [0.25, 0.3) is 5.95 Å². The fraction of sp³-hybridized carbons (Fsp3) is 0.296. The standard InChI is InChI=1S/C27H29N5/c1-21-8-10-23(11-9-21)25-20-26(32(30-25)27-28-15-5-16-29-27)24-13-18-31(19-14-24)17-12-22-6-3-2-4-7-22/h2-11,15-16,20,24H,12-14,17-19H2,1H3. The summed E-state index contributed by atoms with van der Waals surface area (Å²) in [6, 6.07) is 23.4. The van der Waals surface area contributed by atoms with Crippen molar-refractivity contribution in [2.45, 2.75) is 32.1 Å². The van der Waals surface area contributed by atoms with E-state index in [4.69, 9.17) is 5.10 Å². The highest BCUT2D eigenvalue weighted by molar-refractivity contribution is 5.60. The molecule has 32 heavy (non-hydrogen) atoms. The Hall–Kier alpha value is -3.31. The second-order valence-electron chi connectivity index (χ2n) is 8.63. The van der Waals surface area contributed by atoms with Gasteiger partial charge in [0.1, 0.15) is 0 Å². The van der Waals surface area contributed by atoms with Crippen LogP contribution in [0, 0.1) is 6.92 Å². The monoisotopic (exact) mass is 423 g/mol. The van der Waals surface area contributed by atoms with Gasteiger partial charge in [0.2, 0.25) is 0 Å². The van der Waals surface area contributed by atoms with Crippen molar-refractivity contribution in [3.8, 4) is 17.2 Å². The van der Waals surface area contributed by atoms with Crippen LogP contribution < -0.4 is 0 Å². The molecule has 3 heterocycles. The average molecular weight is 424 g/mol. The zero-order chi connectivity index (χ0) is 21.8. The van der Waals surface area contributed by atoms with Gasteiger partial charge in [-0.05, 0) is 57.0 Å². The minimum Gasteiger partial charge on any atom is -0.303 e. The van der Waals surface area contributed by atoms with Crippen molar-refractivity contribution in [3.05, 3.63) is 95.9 Å². The topological polar surface area (TPSA) is 46.8 Å². The van der Waals surface area contributed by atoms with Crippen LogP contribution in [0.4, 0.5) is 0 Å². The van der Waals surface area contributed by atoms with Crippen molar-refractivity contribution in [2.24, 2.45) is 0 Å². The van der Waals surface area contributed by atoms with Gasteiger partial charge >= 0.3 is 0 Å². The first-order chi connectivity index (χ1) is 15.8. The molecule has 5 rings (SSSR count). The molecule has 0 N–H and O–H groups in total. The van der Waals surface area contributed by atoms with Crippen LogP contribution in [0.1, 0.15) is 35.6 Å². The molecular weight excluding hydrogens is 394 g/mol. The minimum absolute atomic E-state index is 0.457. The van der Waals surface area contributed by atoms with Gasteiger partial charge < -0.3 is 4.90 Å². The third-order valence-corrected chi connectivity index (χ3v) is 6.39. The van der Waals surface area contributed by atoms with Crippen molar-refractivity contribution in [3.63, 3.8) is 0 Å². The van der Waals surface area contributed by atoms with E-state index >= 15 is 0 Å². The summed E-state index contributed by atoms with van der Waals surface area (Å²) in [5, 5.41) is 4.93. The molecule has 0 aliphatic carbocycles. The molecule has 5 nitrogen and oxygen atoms in total. The van der Waals surface area contributed by atoms with Gasteiger partial charge in [0.15, 0.2) is 0 Å². The van der Waals surface area contributed by atoms with E-state index in [-0.39, 0.29) is 0 Å².